The Morgan fingerprint density at radius 3 is 2.29 bits per heavy atom. The highest BCUT2D eigenvalue weighted by molar-refractivity contribution is 6.06. The van der Waals surface area contributed by atoms with Crippen LogP contribution in [0.1, 0.15) is 15.9 Å². The Bertz CT molecular complexity index is 1280. The molecule has 0 saturated carbocycles. The van der Waals surface area contributed by atoms with E-state index in [4.69, 9.17) is 15.2 Å². The summed E-state index contributed by atoms with van der Waals surface area (Å²) < 4.78 is 10.6. The number of nitrogens with two attached hydrogens (primary N) is 1. The average Bonchev–Trinajstić information content (AvgIpc) is 2.89. The molecule has 0 unspecified atom stereocenters. The van der Waals surface area contributed by atoms with Crippen molar-refractivity contribution in [2.24, 2.45) is 0 Å². The number of methoxy groups -OCH3 is 2. The minimum absolute atomic E-state index is 0.224. The number of nitrogens with one attached hydrogen (secondary N) is 2. The summed E-state index contributed by atoms with van der Waals surface area (Å²) in [4.78, 5) is 16.9. The van der Waals surface area contributed by atoms with Gasteiger partial charge in [0.25, 0.3) is 5.91 Å². The van der Waals surface area contributed by atoms with Crippen LogP contribution in [-0.2, 0) is 6.54 Å². The number of hydrogen-bond donors (Lipinski definition) is 3. The van der Waals surface area contributed by atoms with Crippen LogP contribution in [0, 0.1) is 0 Å². The predicted molar refractivity (Wildman–Crippen MR) is 135 cm³/mol. The molecule has 172 valence electrons. The van der Waals surface area contributed by atoms with Gasteiger partial charge in [-0.2, -0.15) is 0 Å². The summed E-state index contributed by atoms with van der Waals surface area (Å²) >= 11 is 0. The standard InChI is InChI=1S/C27H26N4O3/c1-33-25-10-8-22(16-26(25)34-2)30-17-18-3-5-20(6-4-18)27(32)31-24-15-21(7-9-23(24)28)19-11-13-29-14-12-19/h3-16,30H,17,28H2,1-2H3,(H,31,32). The monoisotopic (exact) mass is 454 g/mol. The van der Waals surface area contributed by atoms with Crippen LogP contribution < -0.4 is 25.8 Å². The Hall–Kier alpha value is -4.52. The van der Waals surface area contributed by atoms with E-state index < -0.39 is 0 Å². The van der Waals surface area contributed by atoms with E-state index in [9.17, 15) is 4.79 Å². The molecule has 4 rings (SSSR count). The lowest BCUT2D eigenvalue weighted by molar-refractivity contribution is 0.102. The van der Waals surface area contributed by atoms with E-state index in [-0.39, 0.29) is 5.91 Å². The lowest BCUT2D eigenvalue weighted by atomic mass is 10.1. The van der Waals surface area contributed by atoms with Gasteiger partial charge in [0.2, 0.25) is 0 Å². The van der Waals surface area contributed by atoms with Crippen molar-refractivity contribution >= 4 is 23.0 Å². The van der Waals surface area contributed by atoms with Gasteiger partial charge in [-0.05, 0) is 65.2 Å². The summed E-state index contributed by atoms with van der Waals surface area (Å²) in [6.07, 6.45) is 3.46. The number of nitrogen functional groups attached to an aromatic ring is 1. The third-order valence-corrected chi connectivity index (χ3v) is 5.41. The van der Waals surface area contributed by atoms with E-state index in [1.165, 1.54) is 0 Å². The molecule has 7 heteroatoms. The minimum Gasteiger partial charge on any atom is -0.493 e. The fraction of sp³-hybridized carbons (Fsp3) is 0.111. The molecule has 1 amide bonds. The number of carbonyl (C=O) groups is 1. The number of carbonyl (C=O) groups excluding carboxylic acids is 1. The zero-order valence-corrected chi connectivity index (χ0v) is 19.0. The topological polar surface area (TPSA) is 98.5 Å². The number of anilines is 3. The smallest absolute Gasteiger partial charge is 0.255 e. The highest BCUT2D eigenvalue weighted by atomic mass is 16.5. The molecule has 7 nitrogen and oxygen atoms in total. The quantitative estimate of drug-likeness (QED) is 0.316. The fourth-order valence-electron chi connectivity index (χ4n) is 3.51. The van der Waals surface area contributed by atoms with Crippen molar-refractivity contribution in [3.05, 3.63) is 96.3 Å². The van der Waals surface area contributed by atoms with Crippen molar-refractivity contribution in [2.45, 2.75) is 6.54 Å². The molecule has 4 aromatic rings. The third-order valence-electron chi connectivity index (χ3n) is 5.41. The third kappa shape index (κ3) is 5.27. The lowest BCUT2D eigenvalue weighted by Gasteiger charge is -2.12. The molecule has 1 aromatic heterocycles. The Balaban J connectivity index is 1.41. The van der Waals surface area contributed by atoms with Crippen molar-refractivity contribution in [1.82, 2.24) is 4.98 Å². The molecule has 0 bridgehead atoms. The number of aromatic nitrogens is 1. The van der Waals surface area contributed by atoms with Gasteiger partial charge in [-0.15, -0.1) is 0 Å². The maximum absolute atomic E-state index is 12.8. The number of nitrogens with zero attached hydrogens (tertiary/aromatic N) is 1. The predicted octanol–water partition coefficient (Wildman–Crippen LogP) is 5.21. The van der Waals surface area contributed by atoms with Gasteiger partial charge < -0.3 is 25.8 Å². The van der Waals surface area contributed by atoms with Crippen molar-refractivity contribution < 1.29 is 14.3 Å². The van der Waals surface area contributed by atoms with Crippen molar-refractivity contribution in [3.8, 4) is 22.6 Å². The van der Waals surface area contributed by atoms with Crippen LogP contribution in [0.2, 0.25) is 0 Å². The lowest BCUT2D eigenvalue weighted by Crippen LogP contribution is -2.13. The Kier molecular flexibility index (Phi) is 6.93. The van der Waals surface area contributed by atoms with Crippen LogP contribution in [0.4, 0.5) is 17.1 Å². The second kappa shape index (κ2) is 10.4. The molecule has 4 N–H and O–H groups in total. The van der Waals surface area contributed by atoms with Gasteiger partial charge >= 0.3 is 0 Å². The number of amides is 1. The number of ether oxygens (including phenoxy) is 2. The molecule has 1 heterocycles. The SMILES string of the molecule is COc1ccc(NCc2ccc(C(=O)Nc3cc(-c4ccncc4)ccc3N)cc2)cc1OC. The first kappa shape index (κ1) is 22.7. The largest absolute Gasteiger partial charge is 0.493 e. The Morgan fingerprint density at radius 2 is 1.59 bits per heavy atom. The summed E-state index contributed by atoms with van der Waals surface area (Å²) in [5.74, 6) is 1.11. The van der Waals surface area contributed by atoms with E-state index in [0.717, 1.165) is 22.4 Å². The molecular weight excluding hydrogens is 428 g/mol. The van der Waals surface area contributed by atoms with E-state index >= 15 is 0 Å². The van der Waals surface area contributed by atoms with E-state index in [1.54, 1.807) is 44.8 Å². The number of hydrogen-bond acceptors (Lipinski definition) is 6. The Morgan fingerprint density at radius 1 is 0.853 bits per heavy atom. The van der Waals surface area contributed by atoms with Gasteiger partial charge in [-0.1, -0.05) is 18.2 Å². The molecule has 0 aliphatic heterocycles. The van der Waals surface area contributed by atoms with Gasteiger partial charge in [0, 0.05) is 36.3 Å². The van der Waals surface area contributed by atoms with Gasteiger partial charge in [-0.3, -0.25) is 9.78 Å². The van der Waals surface area contributed by atoms with Crippen LogP contribution in [0.3, 0.4) is 0 Å². The maximum atomic E-state index is 12.8. The van der Waals surface area contributed by atoms with Gasteiger partial charge in [0.05, 0.1) is 25.6 Å². The van der Waals surface area contributed by atoms with Crippen LogP contribution >= 0.6 is 0 Å². The van der Waals surface area contributed by atoms with Crippen molar-refractivity contribution in [2.75, 3.05) is 30.6 Å². The summed E-state index contributed by atoms with van der Waals surface area (Å²) in [6, 6.07) is 22.5. The molecular formula is C27H26N4O3. The first-order chi connectivity index (χ1) is 16.6. The molecule has 0 aliphatic rings. The van der Waals surface area contributed by atoms with Crippen molar-refractivity contribution in [1.29, 1.82) is 0 Å². The second-order valence-corrected chi connectivity index (χ2v) is 7.61. The van der Waals surface area contributed by atoms with E-state index in [0.29, 0.717) is 35.0 Å². The first-order valence-electron chi connectivity index (χ1n) is 10.7. The zero-order chi connectivity index (χ0) is 23.9. The van der Waals surface area contributed by atoms with E-state index in [2.05, 4.69) is 15.6 Å². The van der Waals surface area contributed by atoms with Crippen LogP contribution in [0.25, 0.3) is 11.1 Å². The second-order valence-electron chi connectivity index (χ2n) is 7.61. The van der Waals surface area contributed by atoms with Crippen LogP contribution in [0.5, 0.6) is 11.5 Å². The molecule has 0 atom stereocenters. The average molecular weight is 455 g/mol. The van der Waals surface area contributed by atoms with Gasteiger partial charge in [0.1, 0.15) is 0 Å². The first-order valence-corrected chi connectivity index (χ1v) is 10.7. The minimum atomic E-state index is -0.224. The number of benzene rings is 3. The summed E-state index contributed by atoms with van der Waals surface area (Å²) in [7, 11) is 3.21. The molecule has 0 fully saturated rings. The highest BCUT2D eigenvalue weighted by Gasteiger charge is 2.10. The molecule has 0 saturated heterocycles. The van der Waals surface area contributed by atoms with Crippen molar-refractivity contribution in [3.63, 3.8) is 0 Å². The maximum Gasteiger partial charge on any atom is 0.255 e. The summed E-state index contributed by atoms with van der Waals surface area (Å²) in [5.41, 5.74) is 11.6. The molecule has 0 aliphatic carbocycles. The summed E-state index contributed by atoms with van der Waals surface area (Å²) in [6.45, 7) is 0.596. The Labute approximate surface area is 198 Å². The zero-order valence-electron chi connectivity index (χ0n) is 19.0. The van der Waals surface area contributed by atoms with Gasteiger partial charge in [0.15, 0.2) is 11.5 Å². The number of rotatable bonds is 8. The van der Waals surface area contributed by atoms with Crippen LogP contribution in [0.15, 0.2) is 85.2 Å². The van der Waals surface area contributed by atoms with Crippen LogP contribution in [-0.4, -0.2) is 25.1 Å². The van der Waals surface area contributed by atoms with E-state index in [1.807, 2.05) is 54.6 Å². The normalized spacial score (nSPS) is 10.4. The fourth-order valence-corrected chi connectivity index (χ4v) is 3.51. The molecule has 3 aromatic carbocycles. The molecule has 0 radical (unpaired) electrons. The number of pyridine rings is 1. The molecule has 34 heavy (non-hydrogen) atoms. The highest BCUT2D eigenvalue weighted by Crippen LogP contribution is 2.30. The molecule has 0 spiro atoms. The van der Waals surface area contributed by atoms with Gasteiger partial charge in [-0.25, -0.2) is 0 Å². The summed E-state index contributed by atoms with van der Waals surface area (Å²) in [5, 5.41) is 6.26.